The van der Waals surface area contributed by atoms with Crippen LogP contribution >= 0.6 is 11.6 Å². The molecule has 3 unspecified atom stereocenters. The molecular weight excluding hydrogens is 479 g/mol. The highest BCUT2D eigenvalue weighted by Gasteiger charge is 2.53. The van der Waals surface area contributed by atoms with E-state index in [1.54, 1.807) is 0 Å². The Morgan fingerprint density at radius 3 is 2.92 bits per heavy atom. The molecule has 3 aliphatic heterocycles. The maximum absolute atomic E-state index is 16.3. The Bertz CT molecular complexity index is 1270. The molecule has 0 amide bonds. The molecule has 2 saturated heterocycles. The van der Waals surface area contributed by atoms with Crippen LogP contribution < -0.4 is 9.64 Å². The molecule has 2 aliphatic carbocycles. The van der Waals surface area contributed by atoms with Gasteiger partial charge < -0.3 is 19.3 Å². The Morgan fingerprint density at radius 1 is 1.22 bits per heavy atom. The topological polar surface area (TPSA) is 50.7 Å². The lowest BCUT2D eigenvalue weighted by Crippen LogP contribution is -2.37. The fraction of sp³-hybridized carbons (Fsp3) is 0.571. The summed E-state index contributed by atoms with van der Waals surface area (Å²) in [4.78, 5) is 14.6. The van der Waals surface area contributed by atoms with Gasteiger partial charge in [-0.1, -0.05) is 23.7 Å². The first-order valence-electron chi connectivity index (χ1n) is 13.2. The van der Waals surface area contributed by atoms with E-state index in [1.165, 1.54) is 6.42 Å². The average Bonchev–Trinajstić information content (AvgIpc) is 3.54. The zero-order valence-corrected chi connectivity index (χ0v) is 21.7. The highest BCUT2D eigenvalue weighted by atomic mass is 35.5. The maximum Gasteiger partial charge on any atom is 0.318 e. The van der Waals surface area contributed by atoms with Crippen molar-refractivity contribution < 1.29 is 13.9 Å². The van der Waals surface area contributed by atoms with Crippen molar-refractivity contribution in [2.24, 2.45) is 0 Å². The molecule has 36 heavy (non-hydrogen) atoms. The van der Waals surface area contributed by atoms with Crippen LogP contribution in [0.1, 0.15) is 67.5 Å². The molecule has 7 rings (SSSR count). The Balaban J connectivity index is 1.34. The molecule has 4 atom stereocenters. The van der Waals surface area contributed by atoms with Gasteiger partial charge in [0.25, 0.3) is 0 Å². The third-order valence-electron chi connectivity index (χ3n) is 9.18. The molecule has 0 N–H and O–H groups in total. The molecule has 0 bridgehead atoms. The molecule has 1 aromatic heterocycles. The number of nitrogens with zero attached hydrogens (tertiary/aromatic N) is 4. The molecule has 2 fully saturated rings. The van der Waals surface area contributed by atoms with Crippen molar-refractivity contribution >= 4 is 23.0 Å². The highest BCUT2D eigenvalue weighted by molar-refractivity contribution is 6.32. The minimum Gasteiger partial charge on any atom is -0.462 e. The second-order valence-corrected chi connectivity index (χ2v) is 11.6. The number of allylic oxidation sites excluding steroid dienone is 2. The number of hydrogen-bond acceptors (Lipinski definition) is 6. The van der Waals surface area contributed by atoms with E-state index in [2.05, 4.69) is 16.8 Å². The van der Waals surface area contributed by atoms with Crippen LogP contribution in [-0.2, 0) is 16.6 Å². The first-order chi connectivity index (χ1) is 17.5. The minimum atomic E-state index is -0.828. The predicted octanol–water partition coefficient (Wildman–Crippen LogP) is 5.24. The molecule has 190 valence electrons. The van der Waals surface area contributed by atoms with E-state index in [0.717, 1.165) is 60.6 Å². The second kappa shape index (κ2) is 8.40. The van der Waals surface area contributed by atoms with Crippen LogP contribution in [-0.4, -0.2) is 60.3 Å². The SMILES string of the molecule is CC1=C(F)C2(Cc3nc(OCC4CCCN4C)nc4c3C(C2)OC[C@@H]2CCCN42)c2cccc(Cl)c21. The average molecular weight is 511 g/mol. The van der Waals surface area contributed by atoms with E-state index >= 15 is 4.39 Å². The zero-order chi connectivity index (χ0) is 24.6. The van der Waals surface area contributed by atoms with Crippen LogP contribution in [0.5, 0.6) is 6.01 Å². The molecule has 6 nitrogen and oxygen atoms in total. The monoisotopic (exact) mass is 510 g/mol. The number of benzene rings is 1. The van der Waals surface area contributed by atoms with Crippen molar-refractivity contribution in [1.82, 2.24) is 14.9 Å². The first-order valence-corrected chi connectivity index (χ1v) is 13.6. The van der Waals surface area contributed by atoms with Gasteiger partial charge in [-0.25, -0.2) is 4.39 Å². The summed E-state index contributed by atoms with van der Waals surface area (Å²) in [6.07, 6.45) is 5.21. The number of ether oxygens (including phenoxy) is 2. The molecule has 4 heterocycles. The summed E-state index contributed by atoms with van der Waals surface area (Å²) in [7, 11) is 2.14. The van der Waals surface area contributed by atoms with E-state index < -0.39 is 5.41 Å². The summed E-state index contributed by atoms with van der Waals surface area (Å²) < 4.78 is 29.0. The second-order valence-electron chi connectivity index (χ2n) is 11.2. The summed E-state index contributed by atoms with van der Waals surface area (Å²) in [5.41, 5.74) is 3.43. The lowest BCUT2D eigenvalue weighted by molar-refractivity contribution is 0.0215. The number of halogens is 2. The fourth-order valence-corrected chi connectivity index (χ4v) is 7.60. The molecule has 2 aromatic rings. The highest BCUT2D eigenvalue weighted by Crippen LogP contribution is 2.59. The quantitative estimate of drug-likeness (QED) is 0.562. The molecule has 0 saturated carbocycles. The summed E-state index contributed by atoms with van der Waals surface area (Å²) in [6.45, 7) is 5.06. The van der Waals surface area contributed by atoms with Gasteiger partial charge in [-0.3, -0.25) is 0 Å². The van der Waals surface area contributed by atoms with Gasteiger partial charge in [-0.15, -0.1) is 0 Å². The minimum absolute atomic E-state index is 0.111. The molecule has 1 spiro atoms. The number of likely N-dealkylation sites (tertiary alicyclic amines) is 1. The standard InChI is InChI=1S/C28H32ClFN4O2/c1-16-23-19(8-3-9-20(23)29)28(25(16)30)12-21-24-22(13-28)35-15-18-7-5-11-34(18)26(24)32-27(31-21)36-14-17-6-4-10-33(17)2/h3,8-9,17-18,22H,4-7,10-15H2,1-2H3/t17?,18-,22?,28?/m0/s1. The third-order valence-corrected chi connectivity index (χ3v) is 9.49. The van der Waals surface area contributed by atoms with E-state index in [-0.39, 0.29) is 18.0 Å². The largest absolute Gasteiger partial charge is 0.462 e. The number of likely N-dealkylation sites (N-methyl/N-ethyl adjacent to an activating group) is 1. The number of aromatic nitrogens is 2. The Hall–Kier alpha value is -2.22. The van der Waals surface area contributed by atoms with Crippen LogP contribution in [0, 0.1) is 0 Å². The zero-order valence-electron chi connectivity index (χ0n) is 20.9. The van der Waals surface area contributed by atoms with Crippen LogP contribution in [0.4, 0.5) is 10.2 Å². The van der Waals surface area contributed by atoms with Crippen LogP contribution in [0.2, 0.25) is 5.02 Å². The maximum atomic E-state index is 16.3. The molecular formula is C28H32ClFN4O2. The van der Waals surface area contributed by atoms with Gasteiger partial charge in [-0.2, -0.15) is 9.97 Å². The molecule has 0 radical (unpaired) electrons. The number of fused-ring (bicyclic) bond motifs is 4. The van der Waals surface area contributed by atoms with E-state index in [1.807, 2.05) is 25.1 Å². The molecule has 1 aromatic carbocycles. The van der Waals surface area contributed by atoms with Gasteiger partial charge in [0.2, 0.25) is 0 Å². The predicted molar refractivity (Wildman–Crippen MR) is 137 cm³/mol. The van der Waals surface area contributed by atoms with Crippen molar-refractivity contribution in [3.63, 3.8) is 0 Å². The van der Waals surface area contributed by atoms with Crippen LogP contribution in [0.3, 0.4) is 0 Å². The lowest BCUT2D eigenvalue weighted by atomic mass is 9.68. The van der Waals surface area contributed by atoms with Crippen molar-refractivity contribution in [1.29, 1.82) is 0 Å². The normalized spacial score (nSPS) is 31.0. The third kappa shape index (κ3) is 3.28. The van der Waals surface area contributed by atoms with Crippen molar-refractivity contribution in [2.45, 2.75) is 69.1 Å². The van der Waals surface area contributed by atoms with Gasteiger partial charge in [0.05, 0.1) is 29.9 Å². The van der Waals surface area contributed by atoms with Gasteiger partial charge in [0.15, 0.2) is 0 Å². The van der Waals surface area contributed by atoms with Crippen molar-refractivity contribution in [3.05, 3.63) is 51.4 Å². The Kier molecular flexibility index (Phi) is 5.35. The number of rotatable bonds is 3. The van der Waals surface area contributed by atoms with Gasteiger partial charge in [-0.05, 0) is 69.8 Å². The summed E-state index contributed by atoms with van der Waals surface area (Å²) >= 11 is 6.58. The van der Waals surface area contributed by atoms with E-state index in [9.17, 15) is 0 Å². The van der Waals surface area contributed by atoms with Crippen molar-refractivity contribution in [2.75, 3.05) is 38.3 Å². The Morgan fingerprint density at radius 2 is 2.08 bits per heavy atom. The number of hydrogen-bond donors (Lipinski definition) is 0. The van der Waals surface area contributed by atoms with E-state index in [0.29, 0.717) is 48.7 Å². The van der Waals surface area contributed by atoms with Crippen molar-refractivity contribution in [3.8, 4) is 6.01 Å². The smallest absolute Gasteiger partial charge is 0.318 e. The lowest BCUT2D eigenvalue weighted by Gasteiger charge is -2.39. The molecule has 8 heteroatoms. The number of anilines is 1. The first kappa shape index (κ1) is 22.9. The summed E-state index contributed by atoms with van der Waals surface area (Å²) in [5.74, 6) is 0.819. The van der Waals surface area contributed by atoms with Crippen LogP contribution in [0.25, 0.3) is 5.57 Å². The van der Waals surface area contributed by atoms with Gasteiger partial charge >= 0.3 is 6.01 Å². The van der Waals surface area contributed by atoms with Crippen LogP contribution in [0.15, 0.2) is 24.0 Å². The fourth-order valence-electron chi connectivity index (χ4n) is 7.29. The summed E-state index contributed by atoms with van der Waals surface area (Å²) in [6, 6.07) is 6.84. The Labute approximate surface area is 216 Å². The summed E-state index contributed by atoms with van der Waals surface area (Å²) in [5, 5.41) is 0.596. The van der Waals surface area contributed by atoms with Gasteiger partial charge in [0.1, 0.15) is 18.3 Å². The molecule has 5 aliphatic rings. The van der Waals surface area contributed by atoms with E-state index in [4.69, 9.17) is 31.0 Å². The van der Waals surface area contributed by atoms with Gasteiger partial charge in [0, 0.05) is 35.2 Å².